The topological polar surface area (TPSA) is 64.6 Å². The quantitative estimate of drug-likeness (QED) is 0.463. The maximum absolute atomic E-state index is 6.02. The zero-order valence-corrected chi connectivity index (χ0v) is 14.9. The summed E-state index contributed by atoms with van der Waals surface area (Å²) in [5.41, 5.74) is 8.29. The standard InChI is InChI=1S/C16H20N4O.HI/c1-20-9-4-5-12(20)11-18-16(17)19-14-8-10-21-15-7-3-2-6-13(14)15;/h2-7,9,14H,8,10-11H2,1H3,(H3,17,18,19);1H. The van der Waals surface area contributed by atoms with Crippen LogP contribution in [0.4, 0.5) is 0 Å². The van der Waals surface area contributed by atoms with Crippen LogP contribution in [0, 0.1) is 0 Å². The lowest BCUT2D eigenvalue weighted by Gasteiger charge is -2.26. The van der Waals surface area contributed by atoms with Gasteiger partial charge in [0.05, 0.1) is 19.2 Å². The van der Waals surface area contributed by atoms with Gasteiger partial charge in [-0.3, -0.25) is 0 Å². The number of hydrogen-bond acceptors (Lipinski definition) is 2. The first-order chi connectivity index (χ1) is 10.2. The van der Waals surface area contributed by atoms with Gasteiger partial charge in [0.25, 0.3) is 0 Å². The van der Waals surface area contributed by atoms with E-state index < -0.39 is 0 Å². The normalized spacial score (nSPS) is 17.1. The molecular formula is C16H21IN4O. The van der Waals surface area contributed by atoms with Crippen LogP contribution in [-0.2, 0) is 13.6 Å². The molecule has 1 aromatic heterocycles. The molecule has 2 aromatic rings. The molecule has 1 aromatic carbocycles. The van der Waals surface area contributed by atoms with Gasteiger partial charge >= 0.3 is 0 Å². The first-order valence-corrected chi connectivity index (χ1v) is 7.12. The summed E-state index contributed by atoms with van der Waals surface area (Å²) in [6.45, 7) is 1.27. The fourth-order valence-electron chi connectivity index (χ4n) is 2.54. The van der Waals surface area contributed by atoms with E-state index in [1.165, 1.54) is 0 Å². The smallest absolute Gasteiger partial charge is 0.189 e. The number of halogens is 1. The van der Waals surface area contributed by atoms with Gasteiger partial charge < -0.3 is 20.4 Å². The van der Waals surface area contributed by atoms with Crippen molar-refractivity contribution in [3.05, 3.63) is 53.9 Å². The molecule has 1 unspecified atom stereocenters. The van der Waals surface area contributed by atoms with Gasteiger partial charge in [-0.2, -0.15) is 0 Å². The molecule has 6 heteroatoms. The molecule has 1 aliphatic heterocycles. The van der Waals surface area contributed by atoms with Crippen molar-refractivity contribution in [2.24, 2.45) is 17.8 Å². The van der Waals surface area contributed by atoms with Crippen molar-refractivity contribution in [1.82, 2.24) is 9.88 Å². The molecule has 5 nitrogen and oxygen atoms in total. The fraction of sp³-hybridized carbons (Fsp3) is 0.312. The summed E-state index contributed by atoms with van der Waals surface area (Å²) < 4.78 is 7.69. The second-order valence-electron chi connectivity index (χ2n) is 5.18. The zero-order valence-electron chi connectivity index (χ0n) is 12.5. The Bertz CT molecular complexity index is 653. The molecule has 0 saturated heterocycles. The predicted molar refractivity (Wildman–Crippen MR) is 98.6 cm³/mol. The Balaban J connectivity index is 0.00000176. The van der Waals surface area contributed by atoms with E-state index in [2.05, 4.69) is 16.4 Å². The summed E-state index contributed by atoms with van der Waals surface area (Å²) in [7, 11) is 2.00. The van der Waals surface area contributed by atoms with E-state index in [1.807, 2.05) is 48.1 Å². The van der Waals surface area contributed by atoms with Crippen molar-refractivity contribution in [3.63, 3.8) is 0 Å². The highest BCUT2D eigenvalue weighted by Crippen LogP contribution is 2.31. The van der Waals surface area contributed by atoms with Gasteiger partial charge in [-0.25, -0.2) is 4.99 Å². The third-order valence-electron chi connectivity index (χ3n) is 3.74. The summed E-state index contributed by atoms with van der Waals surface area (Å²) in [5.74, 6) is 1.40. The predicted octanol–water partition coefficient (Wildman–Crippen LogP) is 2.57. The third-order valence-corrected chi connectivity index (χ3v) is 3.74. The lowest BCUT2D eigenvalue weighted by atomic mass is 10.0. The molecule has 0 aliphatic carbocycles. The van der Waals surface area contributed by atoms with E-state index in [1.54, 1.807) is 0 Å². The molecule has 0 saturated carbocycles. The third kappa shape index (κ3) is 3.73. The SMILES string of the molecule is Cn1cccc1CN=C(N)NC1CCOc2ccccc21.I. The van der Waals surface area contributed by atoms with Gasteiger partial charge in [0, 0.05) is 30.9 Å². The Morgan fingerprint density at radius 2 is 2.18 bits per heavy atom. The van der Waals surface area contributed by atoms with Crippen molar-refractivity contribution in [2.45, 2.75) is 19.0 Å². The molecule has 3 N–H and O–H groups in total. The Morgan fingerprint density at radius 3 is 2.95 bits per heavy atom. The Morgan fingerprint density at radius 1 is 1.36 bits per heavy atom. The van der Waals surface area contributed by atoms with Crippen LogP contribution >= 0.6 is 24.0 Å². The number of para-hydroxylation sites is 1. The minimum absolute atomic E-state index is 0. The second-order valence-corrected chi connectivity index (χ2v) is 5.18. The molecular weight excluding hydrogens is 391 g/mol. The van der Waals surface area contributed by atoms with Gasteiger partial charge in [-0.1, -0.05) is 18.2 Å². The van der Waals surface area contributed by atoms with Crippen LogP contribution in [-0.4, -0.2) is 17.1 Å². The van der Waals surface area contributed by atoms with E-state index in [9.17, 15) is 0 Å². The average molecular weight is 412 g/mol. The van der Waals surface area contributed by atoms with Gasteiger partial charge in [0.15, 0.2) is 5.96 Å². The number of nitrogens with one attached hydrogen (secondary N) is 1. The van der Waals surface area contributed by atoms with Crippen LogP contribution in [0.2, 0.25) is 0 Å². The maximum atomic E-state index is 6.02. The first kappa shape index (κ1) is 16.7. The number of guanidine groups is 1. The van der Waals surface area contributed by atoms with Gasteiger partial charge in [-0.05, 0) is 18.2 Å². The van der Waals surface area contributed by atoms with Crippen LogP contribution in [0.3, 0.4) is 0 Å². The Hall–Kier alpha value is -1.70. The minimum atomic E-state index is 0. The van der Waals surface area contributed by atoms with Crippen LogP contribution in [0.15, 0.2) is 47.6 Å². The molecule has 1 atom stereocenters. The summed E-state index contributed by atoms with van der Waals surface area (Å²) in [6, 6.07) is 12.3. The molecule has 3 rings (SSSR count). The van der Waals surface area contributed by atoms with Crippen molar-refractivity contribution >= 4 is 29.9 Å². The Kier molecular flexibility index (Phi) is 5.70. The van der Waals surface area contributed by atoms with Crippen LogP contribution < -0.4 is 15.8 Å². The molecule has 0 spiro atoms. The highest BCUT2D eigenvalue weighted by Gasteiger charge is 2.21. The largest absolute Gasteiger partial charge is 0.493 e. The number of nitrogens with zero attached hydrogens (tertiary/aromatic N) is 2. The number of aryl methyl sites for hydroxylation is 1. The fourth-order valence-corrected chi connectivity index (χ4v) is 2.54. The summed E-state index contributed by atoms with van der Waals surface area (Å²) in [5, 5.41) is 3.30. The Labute approximate surface area is 147 Å². The molecule has 22 heavy (non-hydrogen) atoms. The maximum Gasteiger partial charge on any atom is 0.189 e. The average Bonchev–Trinajstić information content (AvgIpc) is 2.91. The highest BCUT2D eigenvalue weighted by molar-refractivity contribution is 14.0. The van der Waals surface area contributed by atoms with Gasteiger partial charge in [-0.15, -0.1) is 24.0 Å². The lowest BCUT2D eigenvalue weighted by molar-refractivity contribution is 0.262. The number of aromatic nitrogens is 1. The molecule has 2 heterocycles. The summed E-state index contributed by atoms with van der Waals surface area (Å²) in [4.78, 5) is 4.42. The number of benzene rings is 1. The number of nitrogens with two attached hydrogens (primary N) is 1. The van der Waals surface area contributed by atoms with E-state index in [0.717, 1.165) is 23.4 Å². The van der Waals surface area contributed by atoms with Crippen LogP contribution in [0.5, 0.6) is 5.75 Å². The van der Waals surface area contributed by atoms with Crippen molar-refractivity contribution in [2.75, 3.05) is 6.61 Å². The monoisotopic (exact) mass is 412 g/mol. The number of rotatable bonds is 3. The van der Waals surface area contributed by atoms with E-state index in [-0.39, 0.29) is 30.0 Å². The summed E-state index contributed by atoms with van der Waals surface area (Å²) in [6.07, 6.45) is 2.89. The van der Waals surface area contributed by atoms with Crippen LogP contribution in [0.25, 0.3) is 0 Å². The lowest BCUT2D eigenvalue weighted by Crippen LogP contribution is -2.37. The first-order valence-electron chi connectivity index (χ1n) is 7.12. The molecule has 0 amide bonds. The number of fused-ring (bicyclic) bond motifs is 1. The minimum Gasteiger partial charge on any atom is -0.493 e. The van der Waals surface area contributed by atoms with Crippen LogP contribution in [0.1, 0.15) is 23.7 Å². The van der Waals surface area contributed by atoms with Gasteiger partial charge in [0.1, 0.15) is 5.75 Å². The zero-order chi connectivity index (χ0) is 14.7. The molecule has 118 valence electrons. The molecule has 0 radical (unpaired) electrons. The van der Waals surface area contributed by atoms with Crippen molar-refractivity contribution in [3.8, 4) is 5.75 Å². The van der Waals surface area contributed by atoms with Crippen molar-refractivity contribution in [1.29, 1.82) is 0 Å². The number of aliphatic imine (C=N–C) groups is 1. The van der Waals surface area contributed by atoms with E-state index >= 15 is 0 Å². The van der Waals surface area contributed by atoms with E-state index in [4.69, 9.17) is 10.5 Å². The molecule has 0 bridgehead atoms. The summed E-state index contributed by atoms with van der Waals surface area (Å²) >= 11 is 0. The van der Waals surface area contributed by atoms with Crippen molar-refractivity contribution < 1.29 is 4.74 Å². The van der Waals surface area contributed by atoms with E-state index in [0.29, 0.717) is 19.1 Å². The highest BCUT2D eigenvalue weighted by atomic mass is 127. The number of ether oxygens (including phenoxy) is 1. The molecule has 1 aliphatic rings. The molecule has 0 fully saturated rings. The second kappa shape index (κ2) is 7.53. The van der Waals surface area contributed by atoms with Gasteiger partial charge in [0.2, 0.25) is 0 Å². The number of hydrogen-bond donors (Lipinski definition) is 2.